The van der Waals surface area contributed by atoms with Crippen molar-refractivity contribution in [2.24, 2.45) is 0 Å². The highest BCUT2D eigenvalue weighted by atomic mass is 16.5. The van der Waals surface area contributed by atoms with Crippen LogP contribution in [0.2, 0.25) is 0 Å². The summed E-state index contributed by atoms with van der Waals surface area (Å²) in [6.45, 7) is 9.98. The van der Waals surface area contributed by atoms with Gasteiger partial charge in [0.15, 0.2) is 5.75 Å². The van der Waals surface area contributed by atoms with E-state index in [1.165, 1.54) is 5.56 Å². The second kappa shape index (κ2) is 9.67. The maximum absolute atomic E-state index is 13.2. The normalized spacial score (nSPS) is 14.8. The van der Waals surface area contributed by atoms with Crippen LogP contribution in [-0.4, -0.2) is 41.7 Å². The van der Waals surface area contributed by atoms with E-state index in [0.29, 0.717) is 11.3 Å². The Bertz CT molecular complexity index is 1160. The summed E-state index contributed by atoms with van der Waals surface area (Å²) in [6, 6.07) is 14.2. The number of ether oxygens (including phenoxy) is 2. The third-order valence-electron chi connectivity index (χ3n) is 5.90. The Morgan fingerprint density at radius 2 is 1.81 bits per heavy atom. The predicted molar refractivity (Wildman–Crippen MR) is 126 cm³/mol. The van der Waals surface area contributed by atoms with Crippen molar-refractivity contribution in [3.8, 4) is 11.4 Å². The van der Waals surface area contributed by atoms with Crippen molar-refractivity contribution in [2.75, 3.05) is 26.3 Å². The van der Waals surface area contributed by atoms with E-state index in [0.717, 1.165) is 49.6 Å². The second-order valence-corrected chi connectivity index (χ2v) is 8.51. The summed E-state index contributed by atoms with van der Waals surface area (Å²) in [5, 5.41) is 0.546. The number of hydrogen-bond donors (Lipinski definition) is 0. The zero-order chi connectivity index (χ0) is 22.7. The van der Waals surface area contributed by atoms with Gasteiger partial charge in [-0.1, -0.05) is 39.0 Å². The van der Waals surface area contributed by atoms with Gasteiger partial charge in [-0.25, -0.2) is 0 Å². The summed E-state index contributed by atoms with van der Waals surface area (Å²) in [7, 11) is 0. The predicted octanol–water partition coefficient (Wildman–Crippen LogP) is 4.26. The van der Waals surface area contributed by atoms with Gasteiger partial charge in [-0.2, -0.15) is 0 Å². The van der Waals surface area contributed by atoms with Crippen molar-refractivity contribution >= 4 is 16.9 Å². The van der Waals surface area contributed by atoms with Crippen molar-refractivity contribution in [2.45, 2.75) is 39.7 Å². The van der Waals surface area contributed by atoms with E-state index in [1.807, 2.05) is 28.8 Å². The van der Waals surface area contributed by atoms with Gasteiger partial charge in [0.1, 0.15) is 0 Å². The fourth-order valence-corrected chi connectivity index (χ4v) is 3.97. The number of carbonyl (C=O) groups excluding carboxylic acids is 1. The molecule has 0 bridgehead atoms. The van der Waals surface area contributed by atoms with Crippen molar-refractivity contribution in [1.82, 2.24) is 9.47 Å². The molecule has 0 spiro atoms. The molecule has 6 heteroatoms. The third kappa shape index (κ3) is 4.76. The number of nitrogens with zero attached hydrogens (tertiary/aromatic N) is 2. The second-order valence-electron chi connectivity index (χ2n) is 8.51. The fourth-order valence-electron chi connectivity index (χ4n) is 3.97. The zero-order valence-electron chi connectivity index (χ0n) is 19.0. The number of esters is 1. The SMILES string of the molecule is CCC(=O)Oc1cn(-c2ccc(C(C)C)cc2)c2ccc(CN3CCOCC3)cc2c1=O. The van der Waals surface area contributed by atoms with Crippen LogP contribution in [0.5, 0.6) is 5.75 Å². The number of morpholine rings is 1. The molecule has 32 heavy (non-hydrogen) atoms. The molecule has 0 aliphatic carbocycles. The first-order chi connectivity index (χ1) is 15.5. The standard InChI is InChI=1S/C26H30N2O4/c1-4-25(29)32-24-17-28(21-8-6-20(7-9-21)18(2)3)23-10-5-19(15-22(23)26(24)30)16-27-11-13-31-14-12-27/h5-10,15,17-18H,4,11-14,16H2,1-3H3. The Kier molecular flexibility index (Phi) is 6.72. The topological polar surface area (TPSA) is 60.8 Å². The maximum atomic E-state index is 13.2. The molecule has 1 aromatic heterocycles. The van der Waals surface area contributed by atoms with Crippen LogP contribution in [0.1, 0.15) is 44.2 Å². The number of aromatic nitrogens is 1. The molecule has 0 radical (unpaired) electrons. The summed E-state index contributed by atoms with van der Waals surface area (Å²) in [4.78, 5) is 27.5. The van der Waals surface area contributed by atoms with Gasteiger partial charge in [0.2, 0.25) is 5.43 Å². The number of benzene rings is 2. The molecule has 1 saturated heterocycles. The van der Waals surface area contributed by atoms with Crippen LogP contribution >= 0.6 is 0 Å². The zero-order valence-corrected chi connectivity index (χ0v) is 19.0. The lowest BCUT2D eigenvalue weighted by atomic mass is 10.0. The Balaban J connectivity index is 1.81. The van der Waals surface area contributed by atoms with Gasteiger partial charge in [-0.15, -0.1) is 0 Å². The van der Waals surface area contributed by atoms with E-state index in [2.05, 4.69) is 36.9 Å². The van der Waals surface area contributed by atoms with Gasteiger partial charge in [0.25, 0.3) is 0 Å². The van der Waals surface area contributed by atoms with Crippen molar-refractivity contribution in [3.05, 3.63) is 70.0 Å². The molecule has 1 fully saturated rings. The molecule has 3 aromatic rings. The van der Waals surface area contributed by atoms with Gasteiger partial charge in [-0.05, 0) is 41.3 Å². The quantitative estimate of drug-likeness (QED) is 0.543. The molecule has 2 aromatic carbocycles. The Hall–Kier alpha value is -2.96. The monoisotopic (exact) mass is 434 g/mol. The van der Waals surface area contributed by atoms with Gasteiger partial charge < -0.3 is 14.0 Å². The van der Waals surface area contributed by atoms with Crippen molar-refractivity contribution in [1.29, 1.82) is 0 Å². The molecular formula is C26H30N2O4. The van der Waals surface area contributed by atoms with Gasteiger partial charge in [0.05, 0.1) is 30.3 Å². The van der Waals surface area contributed by atoms with E-state index < -0.39 is 5.97 Å². The summed E-state index contributed by atoms with van der Waals surface area (Å²) < 4.78 is 12.8. The fraction of sp³-hybridized carbons (Fsp3) is 0.385. The lowest BCUT2D eigenvalue weighted by molar-refractivity contribution is -0.134. The van der Waals surface area contributed by atoms with Crippen LogP contribution in [0.15, 0.2) is 53.5 Å². The van der Waals surface area contributed by atoms with Crippen LogP contribution < -0.4 is 10.2 Å². The first kappa shape index (κ1) is 22.2. The minimum absolute atomic E-state index is 0.0563. The number of carbonyl (C=O) groups is 1. The highest BCUT2D eigenvalue weighted by molar-refractivity contribution is 5.83. The molecule has 1 aliphatic heterocycles. The van der Waals surface area contributed by atoms with Gasteiger partial charge in [-0.3, -0.25) is 14.5 Å². The van der Waals surface area contributed by atoms with E-state index >= 15 is 0 Å². The highest BCUT2D eigenvalue weighted by Gasteiger charge is 2.16. The molecule has 4 rings (SSSR count). The maximum Gasteiger partial charge on any atom is 0.311 e. The molecule has 0 N–H and O–H groups in total. The minimum Gasteiger partial charge on any atom is -0.421 e. The summed E-state index contributed by atoms with van der Waals surface area (Å²) in [6.07, 6.45) is 1.84. The molecular weight excluding hydrogens is 404 g/mol. The molecule has 2 heterocycles. The molecule has 0 amide bonds. The van der Waals surface area contributed by atoms with E-state index in [1.54, 1.807) is 13.1 Å². The summed E-state index contributed by atoms with van der Waals surface area (Å²) in [5.41, 5.74) is 3.73. The lowest BCUT2D eigenvalue weighted by Crippen LogP contribution is -2.35. The highest BCUT2D eigenvalue weighted by Crippen LogP contribution is 2.24. The molecule has 0 saturated carbocycles. The van der Waals surface area contributed by atoms with Crippen LogP contribution in [0, 0.1) is 0 Å². The van der Waals surface area contributed by atoms with E-state index in [-0.39, 0.29) is 17.6 Å². The van der Waals surface area contributed by atoms with Crippen molar-refractivity contribution < 1.29 is 14.3 Å². The van der Waals surface area contributed by atoms with Gasteiger partial charge >= 0.3 is 5.97 Å². The number of hydrogen-bond acceptors (Lipinski definition) is 5. The lowest BCUT2D eigenvalue weighted by Gasteiger charge is -2.26. The Morgan fingerprint density at radius 3 is 2.47 bits per heavy atom. The number of pyridine rings is 1. The van der Waals surface area contributed by atoms with Crippen molar-refractivity contribution in [3.63, 3.8) is 0 Å². The number of fused-ring (bicyclic) bond motifs is 1. The molecule has 0 unspecified atom stereocenters. The Morgan fingerprint density at radius 1 is 1.09 bits per heavy atom. The number of rotatable bonds is 6. The first-order valence-electron chi connectivity index (χ1n) is 11.3. The Labute approximate surface area is 188 Å². The van der Waals surface area contributed by atoms with E-state index in [9.17, 15) is 9.59 Å². The van der Waals surface area contributed by atoms with Crippen LogP contribution in [0.3, 0.4) is 0 Å². The molecule has 1 aliphatic rings. The average Bonchev–Trinajstić information content (AvgIpc) is 2.81. The largest absolute Gasteiger partial charge is 0.421 e. The average molecular weight is 435 g/mol. The molecule has 6 nitrogen and oxygen atoms in total. The van der Waals surface area contributed by atoms with Crippen LogP contribution in [0.25, 0.3) is 16.6 Å². The summed E-state index contributed by atoms with van der Waals surface area (Å²) in [5.74, 6) is 0.0621. The minimum atomic E-state index is -0.423. The first-order valence-corrected chi connectivity index (χ1v) is 11.3. The summed E-state index contributed by atoms with van der Waals surface area (Å²) >= 11 is 0. The van der Waals surface area contributed by atoms with E-state index in [4.69, 9.17) is 9.47 Å². The molecule has 0 atom stereocenters. The third-order valence-corrected chi connectivity index (χ3v) is 5.90. The van der Waals surface area contributed by atoms with Gasteiger partial charge in [0, 0.05) is 31.7 Å². The van der Waals surface area contributed by atoms with Crippen LogP contribution in [0.4, 0.5) is 0 Å². The smallest absolute Gasteiger partial charge is 0.311 e. The molecule has 168 valence electrons. The van der Waals surface area contributed by atoms with Crippen LogP contribution in [-0.2, 0) is 16.1 Å².